The number of ether oxygens (including phenoxy) is 1. The maximum atomic E-state index is 11.4. The van der Waals surface area contributed by atoms with Gasteiger partial charge in [-0.2, -0.15) is 5.26 Å². The van der Waals surface area contributed by atoms with Gasteiger partial charge in [-0.1, -0.05) is 17.7 Å². The first kappa shape index (κ1) is 8.76. The van der Waals surface area contributed by atoms with Crippen molar-refractivity contribution in [2.75, 3.05) is 0 Å². The molecule has 0 saturated heterocycles. The first-order chi connectivity index (χ1) is 6.70. The molecule has 0 N–H and O–H groups in total. The van der Waals surface area contributed by atoms with Crippen molar-refractivity contribution >= 4 is 5.97 Å². The number of carbonyl (C=O) groups excluding carboxylic acids is 1. The summed E-state index contributed by atoms with van der Waals surface area (Å²) in [5.74, 6) is -0.391. The molecule has 14 heavy (non-hydrogen) atoms. The second kappa shape index (κ2) is 3.15. The van der Waals surface area contributed by atoms with Crippen molar-refractivity contribution in [1.29, 1.82) is 5.26 Å². The highest BCUT2D eigenvalue weighted by molar-refractivity contribution is 5.92. The molecular weight excluding hydrogens is 178 g/mol. The van der Waals surface area contributed by atoms with Crippen LogP contribution in [0.3, 0.4) is 0 Å². The number of fused-ring (bicyclic) bond motifs is 1. The Morgan fingerprint density at radius 2 is 2.36 bits per heavy atom. The Morgan fingerprint density at radius 3 is 3.07 bits per heavy atom. The topological polar surface area (TPSA) is 50.1 Å². The molecule has 0 bridgehead atoms. The number of cyclic esters (lactones) is 1. The van der Waals surface area contributed by atoms with E-state index < -0.39 is 12.1 Å². The van der Waals surface area contributed by atoms with Crippen molar-refractivity contribution < 1.29 is 9.53 Å². The van der Waals surface area contributed by atoms with Crippen LogP contribution in [0.25, 0.3) is 0 Å². The minimum atomic E-state index is -0.628. The molecule has 70 valence electrons. The number of rotatable bonds is 0. The fourth-order valence-electron chi connectivity index (χ4n) is 1.60. The molecule has 1 aromatic carbocycles. The molecule has 0 radical (unpaired) electrons. The van der Waals surface area contributed by atoms with Crippen LogP contribution in [0.1, 0.15) is 21.5 Å². The van der Waals surface area contributed by atoms with Crippen molar-refractivity contribution in [2.45, 2.75) is 19.4 Å². The average molecular weight is 187 g/mol. The quantitative estimate of drug-likeness (QED) is 0.579. The molecule has 0 aromatic heterocycles. The second-order valence-electron chi connectivity index (χ2n) is 3.39. The predicted octanol–water partition coefficient (Wildman–Crippen LogP) is 1.60. The van der Waals surface area contributed by atoms with E-state index in [9.17, 15) is 4.79 Å². The molecule has 1 unspecified atom stereocenters. The standard InChI is InChI=1S/C11H9NO2/c1-7-2-3-10-8(4-7)5-9(6-12)14-11(10)13/h2-4,9H,5H2,1H3. The van der Waals surface area contributed by atoms with E-state index in [0.29, 0.717) is 12.0 Å². The number of nitriles is 1. The maximum Gasteiger partial charge on any atom is 0.339 e. The summed E-state index contributed by atoms with van der Waals surface area (Å²) in [6.07, 6.45) is -0.129. The van der Waals surface area contributed by atoms with Crippen LogP contribution >= 0.6 is 0 Å². The van der Waals surface area contributed by atoms with Gasteiger partial charge in [-0.05, 0) is 18.6 Å². The lowest BCUT2D eigenvalue weighted by Gasteiger charge is -2.19. The zero-order valence-electron chi connectivity index (χ0n) is 7.78. The van der Waals surface area contributed by atoms with E-state index in [1.54, 1.807) is 6.07 Å². The maximum absolute atomic E-state index is 11.4. The fourth-order valence-corrected chi connectivity index (χ4v) is 1.60. The van der Waals surface area contributed by atoms with Crippen LogP contribution in [0.2, 0.25) is 0 Å². The van der Waals surface area contributed by atoms with Gasteiger partial charge in [-0.25, -0.2) is 4.79 Å². The van der Waals surface area contributed by atoms with Gasteiger partial charge in [-0.3, -0.25) is 0 Å². The van der Waals surface area contributed by atoms with Crippen molar-refractivity contribution in [3.63, 3.8) is 0 Å². The zero-order chi connectivity index (χ0) is 10.1. The smallest absolute Gasteiger partial charge is 0.339 e. The molecular formula is C11H9NO2. The lowest BCUT2D eigenvalue weighted by molar-refractivity contribution is 0.0371. The molecule has 3 nitrogen and oxygen atoms in total. The number of aryl methyl sites for hydroxylation is 1. The van der Waals surface area contributed by atoms with Crippen LogP contribution in [0.4, 0.5) is 0 Å². The number of carbonyl (C=O) groups is 1. The zero-order valence-corrected chi connectivity index (χ0v) is 7.78. The molecule has 2 rings (SSSR count). The Morgan fingerprint density at radius 1 is 1.57 bits per heavy atom. The number of benzene rings is 1. The summed E-state index contributed by atoms with van der Waals surface area (Å²) in [7, 11) is 0. The van der Waals surface area contributed by atoms with Crippen molar-refractivity contribution in [1.82, 2.24) is 0 Å². The van der Waals surface area contributed by atoms with E-state index in [4.69, 9.17) is 10.00 Å². The summed E-state index contributed by atoms with van der Waals surface area (Å²) in [5, 5.41) is 8.68. The van der Waals surface area contributed by atoms with Gasteiger partial charge in [0, 0.05) is 6.42 Å². The van der Waals surface area contributed by atoms with Crippen molar-refractivity contribution in [3.8, 4) is 6.07 Å². The molecule has 0 amide bonds. The highest BCUT2D eigenvalue weighted by atomic mass is 16.5. The van der Waals surface area contributed by atoms with Gasteiger partial charge in [0.1, 0.15) is 6.07 Å². The molecule has 1 atom stereocenters. The van der Waals surface area contributed by atoms with Gasteiger partial charge >= 0.3 is 5.97 Å². The summed E-state index contributed by atoms with van der Waals surface area (Å²) in [6.45, 7) is 1.96. The molecule has 3 heteroatoms. The van der Waals surface area contributed by atoms with Crippen LogP contribution in [-0.2, 0) is 11.2 Å². The third-order valence-electron chi connectivity index (χ3n) is 2.28. The van der Waals surface area contributed by atoms with Gasteiger partial charge in [0.05, 0.1) is 5.56 Å². The highest BCUT2D eigenvalue weighted by Crippen LogP contribution is 2.21. The Kier molecular flexibility index (Phi) is 1.97. The number of hydrogen-bond donors (Lipinski definition) is 0. The van der Waals surface area contributed by atoms with Gasteiger partial charge in [0.2, 0.25) is 0 Å². The SMILES string of the molecule is Cc1ccc2c(c1)CC(C#N)OC2=O. The Bertz CT molecular complexity index is 431. The van der Waals surface area contributed by atoms with E-state index >= 15 is 0 Å². The van der Waals surface area contributed by atoms with E-state index in [-0.39, 0.29) is 0 Å². The lowest BCUT2D eigenvalue weighted by atomic mass is 9.97. The molecule has 1 aliphatic heterocycles. The number of hydrogen-bond acceptors (Lipinski definition) is 3. The third kappa shape index (κ3) is 1.35. The second-order valence-corrected chi connectivity index (χ2v) is 3.39. The first-order valence-electron chi connectivity index (χ1n) is 4.41. The van der Waals surface area contributed by atoms with Crippen molar-refractivity contribution in [3.05, 3.63) is 34.9 Å². The van der Waals surface area contributed by atoms with E-state index in [2.05, 4.69) is 0 Å². The molecule has 0 saturated carbocycles. The van der Waals surface area contributed by atoms with Crippen LogP contribution in [0.15, 0.2) is 18.2 Å². The Labute approximate surface area is 81.9 Å². The van der Waals surface area contributed by atoms with Gasteiger partial charge in [0.15, 0.2) is 6.10 Å². The largest absolute Gasteiger partial charge is 0.443 e. The first-order valence-corrected chi connectivity index (χ1v) is 4.41. The van der Waals surface area contributed by atoms with Gasteiger partial charge in [0.25, 0.3) is 0 Å². The molecule has 1 heterocycles. The minimum Gasteiger partial charge on any atom is -0.443 e. The molecule has 0 spiro atoms. The van der Waals surface area contributed by atoms with E-state index in [1.807, 2.05) is 25.1 Å². The monoisotopic (exact) mass is 187 g/mol. The Balaban J connectivity index is 2.46. The Hall–Kier alpha value is -1.82. The summed E-state index contributed by atoms with van der Waals surface area (Å²) >= 11 is 0. The molecule has 1 aromatic rings. The number of nitrogens with zero attached hydrogens (tertiary/aromatic N) is 1. The van der Waals surface area contributed by atoms with Crippen molar-refractivity contribution in [2.24, 2.45) is 0 Å². The van der Waals surface area contributed by atoms with Crippen LogP contribution in [0.5, 0.6) is 0 Å². The minimum absolute atomic E-state index is 0.391. The van der Waals surface area contributed by atoms with E-state index in [1.165, 1.54) is 0 Å². The van der Waals surface area contributed by atoms with Crippen LogP contribution in [-0.4, -0.2) is 12.1 Å². The predicted molar refractivity (Wildman–Crippen MR) is 49.7 cm³/mol. The summed E-state index contributed by atoms with van der Waals surface area (Å²) in [6, 6.07) is 7.50. The number of esters is 1. The summed E-state index contributed by atoms with van der Waals surface area (Å²) < 4.78 is 4.90. The van der Waals surface area contributed by atoms with Gasteiger partial charge < -0.3 is 4.74 Å². The summed E-state index contributed by atoms with van der Waals surface area (Å²) in [4.78, 5) is 11.4. The molecule has 1 aliphatic rings. The third-order valence-corrected chi connectivity index (χ3v) is 2.28. The van der Waals surface area contributed by atoms with E-state index in [0.717, 1.165) is 11.1 Å². The lowest BCUT2D eigenvalue weighted by Crippen LogP contribution is -2.26. The average Bonchev–Trinajstić information content (AvgIpc) is 2.16. The molecule has 0 aliphatic carbocycles. The normalized spacial score (nSPS) is 19.4. The fraction of sp³-hybridized carbons (Fsp3) is 0.273. The van der Waals surface area contributed by atoms with Crippen LogP contribution < -0.4 is 0 Å². The highest BCUT2D eigenvalue weighted by Gasteiger charge is 2.25. The van der Waals surface area contributed by atoms with Crippen LogP contribution in [0, 0.1) is 18.3 Å². The summed E-state index contributed by atoms with van der Waals surface area (Å²) in [5.41, 5.74) is 2.59. The molecule has 0 fully saturated rings. The van der Waals surface area contributed by atoms with Gasteiger partial charge in [-0.15, -0.1) is 0 Å².